The predicted octanol–water partition coefficient (Wildman–Crippen LogP) is 3.08. The Hall–Kier alpha value is -2.56. The number of pyridine rings is 1. The Bertz CT molecular complexity index is 678. The Kier molecular flexibility index (Phi) is 5.53. The number of carbonyl (C=O) groups excluding carboxylic acids is 1. The molecule has 132 valence electrons. The minimum absolute atomic E-state index is 0.0797. The highest BCUT2D eigenvalue weighted by Gasteiger charge is 2.22. The smallest absolute Gasteiger partial charge is 0.253 e. The number of nitrogens with zero attached hydrogens (tertiary/aromatic N) is 3. The first-order valence-corrected chi connectivity index (χ1v) is 8.81. The van der Waals surface area contributed by atoms with Gasteiger partial charge in [-0.15, -0.1) is 0 Å². The van der Waals surface area contributed by atoms with E-state index in [0.29, 0.717) is 31.2 Å². The van der Waals surface area contributed by atoms with Crippen LogP contribution in [-0.4, -0.2) is 48.6 Å². The fourth-order valence-corrected chi connectivity index (χ4v) is 2.82. The van der Waals surface area contributed by atoms with Gasteiger partial charge in [0.15, 0.2) is 0 Å². The second-order valence-electron chi connectivity index (χ2n) is 6.70. The monoisotopic (exact) mass is 339 g/mol. The molecule has 2 heterocycles. The molecule has 3 rings (SSSR count). The number of rotatable bonds is 5. The van der Waals surface area contributed by atoms with Crippen LogP contribution in [0.4, 0.5) is 5.82 Å². The lowest BCUT2D eigenvalue weighted by Gasteiger charge is -2.35. The van der Waals surface area contributed by atoms with E-state index in [1.54, 1.807) is 6.20 Å². The average molecular weight is 339 g/mol. The van der Waals surface area contributed by atoms with E-state index in [1.165, 1.54) is 0 Å². The van der Waals surface area contributed by atoms with Crippen molar-refractivity contribution in [1.82, 2.24) is 9.88 Å². The van der Waals surface area contributed by atoms with Crippen molar-refractivity contribution in [2.24, 2.45) is 5.92 Å². The van der Waals surface area contributed by atoms with Gasteiger partial charge in [-0.2, -0.15) is 0 Å². The number of piperazine rings is 1. The molecule has 5 nitrogen and oxygen atoms in total. The van der Waals surface area contributed by atoms with E-state index in [4.69, 9.17) is 4.74 Å². The fraction of sp³-hybridized carbons (Fsp3) is 0.400. The Balaban J connectivity index is 1.55. The summed E-state index contributed by atoms with van der Waals surface area (Å²) in [6, 6.07) is 13.4. The second kappa shape index (κ2) is 8.01. The van der Waals surface area contributed by atoms with E-state index < -0.39 is 0 Å². The summed E-state index contributed by atoms with van der Waals surface area (Å²) >= 11 is 0. The molecule has 0 atom stereocenters. The van der Waals surface area contributed by atoms with Crippen LogP contribution in [0.3, 0.4) is 0 Å². The van der Waals surface area contributed by atoms with Gasteiger partial charge in [0, 0.05) is 37.9 Å². The highest BCUT2D eigenvalue weighted by molar-refractivity contribution is 5.94. The van der Waals surface area contributed by atoms with Crippen molar-refractivity contribution in [3.8, 4) is 5.75 Å². The molecular formula is C20H25N3O2. The Morgan fingerprint density at radius 3 is 2.40 bits per heavy atom. The van der Waals surface area contributed by atoms with Crippen LogP contribution in [-0.2, 0) is 0 Å². The van der Waals surface area contributed by atoms with Gasteiger partial charge in [0.2, 0.25) is 0 Å². The van der Waals surface area contributed by atoms with Gasteiger partial charge in [-0.3, -0.25) is 4.79 Å². The zero-order chi connectivity index (χ0) is 17.6. The molecule has 1 aromatic carbocycles. The summed E-state index contributed by atoms with van der Waals surface area (Å²) < 4.78 is 5.67. The van der Waals surface area contributed by atoms with Crippen LogP contribution in [0.5, 0.6) is 5.75 Å². The van der Waals surface area contributed by atoms with Gasteiger partial charge in [0.25, 0.3) is 5.91 Å². The highest BCUT2D eigenvalue weighted by atomic mass is 16.5. The molecule has 25 heavy (non-hydrogen) atoms. The first kappa shape index (κ1) is 17.3. The molecule has 2 aromatic rings. The van der Waals surface area contributed by atoms with Crippen molar-refractivity contribution in [2.75, 3.05) is 37.7 Å². The van der Waals surface area contributed by atoms with E-state index in [1.807, 2.05) is 47.4 Å². The van der Waals surface area contributed by atoms with Crippen LogP contribution in [0.15, 0.2) is 48.7 Å². The average Bonchev–Trinajstić information content (AvgIpc) is 2.67. The van der Waals surface area contributed by atoms with Gasteiger partial charge in [-0.05, 0) is 42.3 Å². The number of carbonyl (C=O) groups is 1. The van der Waals surface area contributed by atoms with Crippen molar-refractivity contribution in [2.45, 2.75) is 13.8 Å². The molecule has 0 radical (unpaired) electrons. The largest absolute Gasteiger partial charge is 0.493 e. The van der Waals surface area contributed by atoms with Crippen LogP contribution in [0.25, 0.3) is 0 Å². The number of benzene rings is 1. The molecule has 0 N–H and O–H groups in total. The molecule has 0 spiro atoms. The predicted molar refractivity (Wildman–Crippen MR) is 99.1 cm³/mol. The highest BCUT2D eigenvalue weighted by Crippen LogP contribution is 2.17. The first-order chi connectivity index (χ1) is 12.1. The van der Waals surface area contributed by atoms with Gasteiger partial charge in [0.05, 0.1) is 6.61 Å². The molecule has 1 aliphatic heterocycles. The third-order valence-corrected chi connectivity index (χ3v) is 4.22. The topological polar surface area (TPSA) is 45.7 Å². The summed E-state index contributed by atoms with van der Waals surface area (Å²) in [5.41, 5.74) is 0.711. The molecule has 0 unspecified atom stereocenters. The van der Waals surface area contributed by atoms with Crippen molar-refractivity contribution >= 4 is 11.7 Å². The van der Waals surface area contributed by atoms with Crippen molar-refractivity contribution in [3.05, 3.63) is 54.2 Å². The van der Waals surface area contributed by atoms with Crippen molar-refractivity contribution < 1.29 is 9.53 Å². The van der Waals surface area contributed by atoms with Gasteiger partial charge in [0.1, 0.15) is 11.6 Å². The lowest BCUT2D eigenvalue weighted by atomic mass is 10.1. The number of ether oxygens (including phenoxy) is 1. The van der Waals surface area contributed by atoms with Crippen LogP contribution in [0.2, 0.25) is 0 Å². The normalized spacial score (nSPS) is 14.7. The van der Waals surface area contributed by atoms with Crippen molar-refractivity contribution in [3.63, 3.8) is 0 Å². The van der Waals surface area contributed by atoms with Gasteiger partial charge in [-0.25, -0.2) is 4.98 Å². The zero-order valence-corrected chi connectivity index (χ0v) is 14.9. The SMILES string of the molecule is CC(C)COc1ccc(C(=O)N2CCN(c3ccccn3)CC2)cc1. The van der Waals surface area contributed by atoms with Crippen LogP contribution in [0.1, 0.15) is 24.2 Å². The van der Waals surface area contributed by atoms with E-state index in [0.717, 1.165) is 24.7 Å². The number of anilines is 1. The summed E-state index contributed by atoms with van der Waals surface area (Å²) in [6.45, 7) is 7.94. The van der Waals surface area contributed by atoms with E-state index in [9.17, 15) is 4.79 Å². The number of hydrogen-bond acceptors (Lipinski definition) is 4. The molecule has 0 aliphatic carbocycles. The van der Waals surface area contributed by atoms with Gasteiger partial charge in [-0.1, -0.05) is 19.9 Å². The summed E-state index contributed by atoms with van der Waals surface area (Å²) in [5, 5.41) is 0. The van der Waals surface area contributed by atoms with E-state index in [-0.39, 0.29) is 5.91 Å². The minimum Gasteiger partial charge on any atom is -0.493 e. The second-order valence-corrected chi connectivity index (χ2v) is 6.70. The molecular weight excluding hydrogens is 314 g/mol. The Morgan fingerprint density at radius 1 is 1.08 bits per heavy atom. The third-order valence-electron chi connectivity index (χ3n) is 4.22. The summed E-state index contributed by atoms with van der Waals surface area (Å²) in [5.74, 6) is 2.35. The molecule has 1 aliphatic rings. The number of hydrogen-bond donors (Lipinski definition) is 0. The van der Waals surface area contributed by atoms with Crippen LogP contribution < -0.4 is 9.64 Å². The van der Waals surface area contributed by atoms with Crippen LogP contribution >= 0.6 is 0 Å². The summed E-state index contributed by atoms with van der Waals surface area (Å²) in [6.07, 6.45) is 1.80. The van der Waals surface area contributed by atoms with E-state index in [2.05, 4.69) is 23.7 Å². The Labute approximate surface area is 149 Å². The molecule has 1 fully saturated rings. The molecule has 0 saturated carbocycles. The first-order valence-electron chi connectivity index (χ1n) is 8.81. The summed E-state index contributed by atoms with van der Waals surface area (Å²) in [4.78, 5) is 21.2. The molecule has 1 saturated heterocycles. The maximum absolute atomic E-state index is 12.7. The van der Waals surface area contributed by atoms with Gasteiger partial charge < -0.3 is 14.5 Å². The fourth-order valence-electron chi connectivity index (χ4n) is 2.82. The molecule has 0 bridgehead atoms. The standard InChI is InChI=1S/C20H25N3O2/c1-16(2)15-25-18-8-6-17(7-9-18)20(24)23-13-11-22(12-14-23)19-5-3-4-10-21-19/h3-10,16H,11-15H2,1-2H3. The van der Waals surface area contributed by atoms with Crippen molar-refractivity contribution in [1.29, 1.82) is 0 Å². The molecule has 1 amide bonds. The quantitative estimate of drug-likeness (QED) is 0.840. The third kappa shape index (κ3) is 4.50. The molecule has 1 aromatic heterocycles. The minimum atomic E-state index is 0.0797. The molecule has 5 heteroatoms. The Morgan fingerprint density at radius 2 is 1.80 bits per heavy atom. The number of amides is 1. The number of aromatic nitrogens is 1. The van der Waals surface area contributed by atoms with E-state index >= 15 is 0 Å². The zero-order valence-electron chi connectivity index (χ0n) is 14.9. The maximum Gasteiger partial charge on any atom is 0.253 e. The van der Waals surface area contributed by atoms with Gasteiger partial charge >= 0.3 is 0 Å². The maximum atomic E-state index is 12.7. The summed E-state index contributed by atoms with van der Waals surface area (Å²) in [7, 11) is 0. The lowest BCUT2D eigenvalue weighted by molar-refractivity contribution is 0.0746. The lowest BCUT2D eigenvalue weighted by Crippen LogP contribution is -2.49. The van der Waals surface area contributed by atoms with Crippen LogP contribution in [0, 0.1) is 5.92 Å².